The minimum absolute atomic E-state index is 0.0797. The van der Waals surface area contributed by atoms with Gasteiger partial charge in [0.15, 0.2) is 9.47 Å². The van der Waals surface area contributed by atoms with Gasteiger partial charge in [-0.15, -0.1) is 11.3 Å². The SMILES string of the molecule is Nc1nc(C(=NOCC(F)(F)F)C(=O)NC2C(=O)N3C(C(=O)O)=C(Sc4nc(-c5ccncc5)cs4)CCC23)ns1. The van der Waals surface area contributed by atoms with E-state index in [0.717, 1.165) is 22.2 Å². The van der Waals surface area contributed by atoms with E-state index < -0.39 is 48.4 Å². The second kappa shape index (κ2) is 11.4. The number of nitrogen functional groups attached to an aromatic ring is 1. The van der Waals surface area contributed by atoms with E-state index in [9.17, 15) is 32.7 Å². The third-order valence-electron chi connectivity index (χ3n) is 5.80. The zero-order valence-electron chi connectivity index (χ0n) is 20.4. The number of amides is 2. The zero-order chi connectivity index (χ0) is 29.3. The lowest BCUT2D eigenvalue weighted by Crippen LogP contribution is -2.72. The fourth-order valence-electron chi connectivity index (χ4n) is 4.09. The van der Waals surface area contributed by atoms with Crippen LogP contribution in [0.4, 0.5) is 18.3 Å². The monoisotopic (exact) mass is 626 g/mol. The Morgan fingerprint density at radius 2 is 2.05 bits per heavy atom. The van der Waals surface area contributed by atoms with Crippen LogP contribution in [0.15, 0.2) is 50.0 Å². The molecule has 2 unspecified atom stereocenters. The van der Waals surface area contributed by atoms with Gasteiger partial charge in [0.05, 0.1) is 11.7 Å². The molecule has 0 bridgehead atoms. The first-order valence-electron chi connectivity index (χ1n) is 11.5. The lowest BCUT2D eigenvalue weighted by atomic mass is 9.86. The Balaban J connectivity index is 1.32. The van der Waals surface area contributed by atoms with Gasteiger partial charge in [-0.05, 0) is 25.0 Å². The van der Waals surface area contributed by atoms with Crippen LogP contribution in [0.25, 0.3) is 11.3 Å². The maximum atomic E-state index is 13.1. The average Bonchev–Trinajstić information content (AvgIpc) is 3.58. The number of β-lactam (4-membered cyclic amide) rings is 1. The maximum Gasteiger partial charge on any atom is 0.425 e. The van der Waals surface area contributed by atoms with Crippen LogP contribution in [-0.4, -0.2) is 77.7 Å². The van der Waals surface area contributed by atoms with Crippen LogP contribution >= 0.6 is 34.6 Å². The summed E-state index contributed by atoms with van der Waals surface area (Å²) in [4.78, 5) is 56.2. The predicted molar refractivity (Wildman–Crippen MR) is 141 cm³/mol. The van der Waals surface area contributed by atoms with E-state index in [-0.39, 0.29) is 23.1 Å². The number of alkyl halides is 3. The standard InChI is InChI=1S/C22H17F3N8O5S3/c23-22(24,25)8-38-31-14(16-30-20(26)41-32-16)17(34)29-13-11-1-2-12(15(19(36)37)33(11)18(13)35)40-21-28-10(7-39-21)9-3-5-27-6-4-9/h3-7,11,13H,1-2,8H2,(H,29,34)(H,36,37)(H2,26,30,32). The molecule has 0 saturated carbocycles. The molecule has 4 N–H and O–H groups in total. The molecule has 0 radical (unpaired) electrons. The number of allylic oxidation sites excluding steroid dienone is 1. The summed E-state index contributed by atoms with van der Waals surface area (Å²) in [6.45, 7) is -1.78. The molecule has 3 aromatic rings. The molecule has 5 rings (SSSR count). The van der Waals surface area contributed by atoms with E-state index in [1.54, 1.807) is 24.5 Å². The van der Waals surface area contributed by atoms with Crippen LogP contribution in [0.5, 0.6) is 0 Å². The number of nitrogens with two attached hydrogens (primary N) is 1. The van der Waals surface area contributed by atoms with Gasteiger partial charge in [-0.3, -0.25) is 19.5 Å². The van der Waals surface area contributed by atoms with Crippen molar-refractivity contribution in [1.82, 2.24) is 29.5 Å². The zero-order valence-corrected chi connectivity index (χ0v) is 22.8. The van der Waals surface area contributed by atoms with E-state index in [0.29, 0.717) is 32.9 Å². The topological polar surface area (TPSA) is 186 Å². The van der Waals surface area contributed by atoms with E-state index in [1.165, 1.54) is 11.3 Å². The van der Waals surface area contributed by atoms with E-state index in [2.05, 4.69) is 34.6 Å². The van der Waals surface area contributed by atoms with Gasteiger partial charge in [0, 0.05) is 39.8 Å². The summed E-state index contributed by atoms with van der Waals surface area (Å²) >= 11 is 3.14. The Morgan fingerprint density at radius 3 is 2.71 bits per heavy atom. The fourth-order valence-corrected chi connectivity index (χ4v) is 6.57. The third kappa shape index (κ3) is 6.15. The molecular formula is C22H17F3N8O5S3. The number of oxime groups is 1. The number of anilines is 1. The number of aliphatic carboxylic acids is 1. The first-order chi connectivity index (χ1) is 19.5. The summed E-state index contributed by atoms with van der Waals surface area (Å²) in [6.07, 6.45) is -0.882. The average molecular weight is 627 g/mol. The van der Waals surface area contributed by atoms with Gasteiger partial charge in [0.2, 0.25) is 18.1 Å². The molecule has 13 nitrogen and oxygen atoms in total. The Morgan fingerprint density at radius 1 is 1.29 bits per heavy atom. The Labute approximate surface area is 240 Å². The molecule has 5 heterocycles. The van der Waals surface area contributed by atoms with Crippen molar-refractivity contribution in [3.05, 3.63) is 46.3 Å². The van der Waals surface area contributed by atoms with Crippen molar-refractivity contribution in [1.29, 1.82) is 0 Å². The number of carbonyl (C=O) groups excluding carboxylic acids is 2. The molecule has 1 saturated heterocycles. The van der Waals surface area contributed by atoms with Gasteiger partial charge < -0.3 is 21.0 Å². The summed E-state index contributed by atoms with van der Waals surface area (Å²) in [5.41, 5.74) is 6.11. The largest absolute Gasteiger partial charge is 0.477 e. The Hall–Kier alpha value is -4.10. The molecular weight excluding hydrogens is 609 g/mol. The first kappa shape index (κ1) is 28.4. The minimum Gasteiger partial charge on any atom is -0.477 e. The van der Waals surface area contributed by atoms with Crippen molar-refractivity contribution >= 4 is 63.3 Å². The van der Waals surface area contributed by atoms with Crippen LogP contribution in [0.1, 0.15) is 18.7 Å². The highest BCUT2D eigenvalue weighted by atomic mass is 32.2. The van der Waals surface area contributed by atoms with Crippen molar-refractivity contribution < 1.29 is 37.5 Å². The molecule has 0 aliphatic carbocycles. The molecule has 1 fully saturated rings. The van der Waals surface area contributed by atoms with Gasteiger partial charge >= 0.3 is 12.1 Å². The van der Waals surface area contributed by atoms with Crippen LogP contribution < -0.4 is 11.1 Å². The number of carboxylic acid groups (broad SMARTS) is 1. The second-order valence-corrected chi connectivity index (χ2v) is 11.4. The number of thiazole rings is 1. The summed E-state index contributed by atoms with van der Waals surface area (Å²) in [5, 5.41) is 17.3. The number of fused-ring (bicyclic) bond motifs is 1. The molecule has 2 atom stereocenters. The quantitative estimate of drug-likeness (QED) is 0.180. The second-order valence-electron chi connectivity index (χ2n) is 8.46. The number of carboxylic acids is 1. The van der Waals surface area contributed by atoms with Crippen LogP contribution in [0, 0.1) is 0 Å². The number of hydrogen-bond donors (Lipinski definition) is 3. The van der Waals surface area contributed by atoms with E-state index in [1.807, 2.05) is 5.38 Å². The van der Waals surface area contributed by atoms with Gasteiger partial charge in [-0.25, -0.2) is 9.78 Å². The Bertz CT molecular complexity index is 1560. The number of rotatable bonds is 9. The van der Waals surface area contributed by atoms with Gasteiger partial charge in [0.25, 0.3) is 11.8 Å². The lowest BCUT2D eigenvalue weighted by molar-refractivity contribution is -0.174. The number of halogens is 3. The summed E-state index contributed by atoms with van der Waals surface area (Å²) < 4.78 is 41.9. The predicted octanol–water partition coefficient (Wildman–Crippen LogP) is 2.50. The number of nitrogens with one attached hydrogen (secondary N) is 1. The van der Waals surface area contributed by atoms with Crippen LogP contribution in [0.2, 0.25) is 0 Å². The summed E-state index contributed by atoms with van der Waals surface area (Å²) in [5.74, 6) is -3.52. The number of carbonyl (C=O) groups is 3. The first-order valence-corrected chi connectivity index (χ1v) is 14.0. The summed E-state index contributed by atoms with van der Waals surface area (Å²) in [6, 6.07) is 1.71. The minimum atomic E-state index is -4.72. The molecule has 19 heteroatoms. The molecule has 41 heavy (non-hydrogen) atoms. The van der Waals surface area contributed by atoms with Gasteiger partial charge in [0.1, 0.15) is 11.7 Å². The smallest absolute Gasteiger partial charge is 0.425 e. The van der Waals surface area contributed by atoms with Gasteiger partial charge in [-0.1, -0.05) is 16.9 Å². The number of pyridine rings is 1. The molecule has 0 spiro atoms. The normalized spacial score (nSPS) is 19.0. The third-order valence-corrected chi connectivity index (χ3v) is 8.43. The highest BCUT2D eigenvalue weighted by Crippen LogP contribution is 2.44. The summed E-state index contributed by atoms with van der Waals surface area (Å²) in [7, 11) is 0. The number of nitrogens with zero attached hydrogens (tertiary/aromatic N) is 6. The van der Waals surface area contributed by atoms with Crippen molar-refractivity contribution in [3.8, 4) is 11.3 Å². The van der Waals surface area contributed by atoms with Crippen LogP contribution in [-0.2, 0) is 19.2 Å². The fraction of sp³-hybridized carbons (Fsp3) is 0.273. The highest BCUT2D eigenvalue weighted by Gasteiger charge is 2.54. The maximum absolute atomic E-state index is 13.1. The van der Waals surface area contributed by atoms with E-state index >= 15 is 0 Å². The van der Waals surface area contributed by atoms with Crippen molar-refractivity contribution in [2.45, 2.75) is 35.4 Å². The molecule has 3 aromatic heterocycles. The number of hydrogen-bond acceptors (Lipinski definition) is 13. The lowest BCUT2D eigenvalue weighted by Gasteiger charge is -2.49. The van der Waals surface area contributed by atoms with E-state index in [4.69, 9.17) is 5.73 Å². The van der Waals surface area contributed by atoms with Crippen LogP contribution in [0.3, 0.4) is 0 Å². The molecule has 2 aliphatic rings. The number of aromatic nitrogens is 4. The molecule has 0 aromatic carbocycles. The van der Waals surface area contributed by atoms with Crippen molar-refractivity contribution in [2.75, 3.05) is 12.3 Å². The van der Waals surface area contributed by atoms with Crippen molar-refractivity contribution in [3.63, 3.8) is 0 Å². The molecule has 214 valence electrons. The van der Waals surface area contributed by atoms with Crippen molar-refractivity contribution in [2.24, 2.45) is 5.16 Å². The highest BCUT2D eigenvalue weighted by molar-refractivity contribution is 8.04. The molecule has 2 amide bonds. The molecule has 2 aliphatic heterocycles. The Kier molecular flexibility index (Phi) is 7.91. The van der Waals surface area contributed by atoms with Gasteiger partial charge in [-0.2, -0.15) is 22.5 Å². The number of thioether (sulfide) groups is 1.